The molecule has 0 aromatic heterocycles. The largest absolute Gasteiger partial charge is 0.394 e. The Morgan fingerprint density at radius 3 is 2.79 bits per heavy atom. The molecule has 0 aromatic carbocycles. The highest BCUT2D eigenvalue weighted by molar-refractivity contribution is 5.71. The van der Waals surface area contributed by atoms with Gasteiger partial charge in [-0.15, -0.1) is 0 Å². The van der Waals surface area contributed by atoms with Crippen LogP contribution in [0.1, 0.15) is 11.7 Å². The fourth-order valence-electron chi connectivity index (χ4n) is 2.35. The van der Waals surface area contributed by atoms with Crippen molar-refractivity contribution in [3.05, 3.63) is 18.1 Å². The molecule has 0 amide bonds. The van der Waals surface area contributed by atoms with Gasteiger partial charge in [0.05, 0.1) is 18.6 Å². The van der Waals surface area contributed by atoms with Gasteiger partial charge in [0.2, 0.25) is 0 Å². The van der Waals surface area contributed by atoms with Crippen LogP contribution in [0.2, 0.25) is 0 Å². The summed E-state index contributed by atoms with van der Waals surface area (Å²) < 4.78 is 5.46. The average molecular weight is 266 g/mol. The zero-order valence-electron chi connectivity index (χ0n) is 9.89. The number of ether oxygens (including phenoxy) is 1. The number of nitrogen functional groups attached to an aromatic ring is 1. The summed E-state index contributed by atoms with van der Waals surface area (Å²) in [4.78, 5) is 10.9. The van der Waals surface area contributed by atoms with Crippen LogP contribution in [0.5, 0.6) is 0 Å². The number of aliphatic hydroxyl groups excluding tert-OH is 3. The van der Waals surface area contributed by atoms with E-state index in [0.29, 0.717) is 17.0 Å². The Hall–Kier alpha value is -1.74. The smallest absolute Gasteiger partial charge is 0.153 e. The third-order valence-corrected chi connectivity index (χ3v) is 3.36. The van der Waals surface area contributed by atoms with Crippen molar-refractivity contribution < 1.29 is 20.1 Å². The summed E-state index contributed by atoms with van der Waals surface area (Å²) in [5.41, 5.74) is 7.35. The molecule has 102 valence electrons. The Morgan fingerprint density at radius 2 is 2.11 bits per heavy atom. The predicted octanol–water partition coefficient (Wildman–Crippen LogP) is -1.35. The van der Waals surface area contributed by atoms with Crippen molar-refractivity contribution >= 4 is 5.82 Å². The van der Waals surface area contributed by atoms with Crippen LogP contribution in [0, 0.1) is 0 Å². The van der Waals surface area contributed by atoms with Gasteiger partial charge in [0.1, 0.15) is 30.1 Å². The molecule has 8 heteroatoms. The molecule has 0 radical (unpaired) electrons. The molecular weight excluding hydrogens is 252 g/mol. The van der Waals surface area contributed by atoms with Crippen LogP contribution in [0.25, 0.3) is 11.4 Å². The first kappa shape index (κ1) is 12.3. The summed E-state index contributed by atoms with van der Waals surface area (Å²) in [5, 5.41) is 28.8. The lowest BCUT2D eigenvalue weighted by molar-refractivity contribution is -0.0226. The molecule has 3 heterocycles. The van der Waals surface area contributed by atoms with E-state index in [1.54, 1.807) is 0 Å². The molecule has 8 nitrogen and oxygen atoms in total. The molecule has 3 aliphatic heterocycles. The van der Waals surface area contributed by atoms with E-state index < -0.39 is 24.4 Å². The number of aliphatic hydroxyl groups is 3. The van der Waals surface area contributed by atoms with Gasteiger partial charge in [-0.3, -0.25) is 4.98 Å². The molecule has 3 rings (SSSR count). The fraction of sp³-hybridized carbons (Fsp3) is 0.455. The minimum atomic E-state index is -1.14. The normalized spacial score (nSPS) is 31.1. The summed E-state index contributed by atoms with van der Waals surface area (Å²) in [5.74, 6) is 0.270. The van der Waals surface area contributed by atoms with Crippen molar-refractivity contribution in [3.63, 3.8) is 0 Å². The second-order valence-corrected chi connectivity index (χ2v) is 4.48. The summed E-state index contributed by atoms with van der Waals surface area (Å²) in [7, 11) is 0. The van der Waals surface area contributed by atoms with Gasteiger partial charge in [0.15, 0.2) is 5.82 Å². The van der Waals surface area contributed by atoms with Crippen LogP contribution in [0.4, 0.5) is 5.82 Å². The Morgan fingerprint density at radius 1 is 1.32 bits per heavy atom. The van der Waals surface area contributed by atoms with Crippen molar-refractivity contribution in [2.24, 2.45) is 0 Å². The highest BCUT2D eigenvalue weighted by Gasteiger charge is 2.44. The van der Waals surface area contributed by atoms with Crippen LogP contribution < -0.4 is 5.73 Å². The lowest BCUT2D eigenvalue weighted by atomic mass is 10.0. The van der Waals surface area contributed by atoms with Gasteiger partial charge in [-0.2, -0.15) is 0 Å². The third kappa shape index (κ3) is 1.77. The van der Waals surface area contributed by atoms with Crippen LogP contribution >= 0.6 is 0 Å². The van der Waals surface area contributed by atoms with E-state index >= 15 is 0 Å². The van der Waals surface area contributed by atoms with Gasteiger partial charge in [0.25, 0.3) is 0 Å². The van der Waals surface area contributed by atoms with Crippen molar-refractivity contribution in [1.29, 1.82) is 0 Å². The van der Waals surface area contributed by atoms with Crippen LogP contribution in [0.3, 0.4) is 0 Å². The predicted molar refractivity (Wildman–Crippen MR) is 64.1 cm³/mol. The third-order valence-electron chi connectivity index (χ3n) is 3.36. The number of aromatic nitrogens is 3. The average Bonchev–Trinajstić information content (AvgIpc) is 2.94. The van der Waals surface area contributed by atoms with E-state index in [0.717, 1.165) is 0 Å². The Kier molecular flexibility index (Phi) is 2.86. The molecule has 0 saturated carbocycles. The number of fused-ring (bicyclic) bond motifs is 1. The maximum atomic E-state index is 9.98. The van der Waals surface area contributed by atoms with E-state index in [-0.39, 0.29) is 12.4 Å². The monoisotopic (exact) mass is 266 g/mol. The van der Waals surface area contributed by atoms with Crippen molar-refractivity contribution in [2.75, 3.05) is 12.3 Å². The molecule has 0 aliphatic carbocycles. The van der Waals surface area contributed by atoms with Crippen molar-refractivity contribution in [3.8, 4) is 11.4 Å². The Bertz CT molecular complexity index is 560. The molecule has 3 aliphatic rings. The molecule has 6 N–H and O–H groups in total. The van der Waals surface area contributed by atoms with Gasteiger partial charge < -0.3 is 30.8 Å². The lowest BCUT2D eigenvalue weighted by Gasteiger charge is -2.14. The van der Waals surface area contributed by atoms with E-state index in [9.17, 15) is 10.2 Å². The second kappa shape index (κ2) is 4.42. The van der Waals surface area contributed by atoms with Gasteiger partial charge in [0, 0.05) is 11.8 Å². The Labute approximate surface area is 108 Å². The minimum Gasteiger partial charge on any atom is -0.394 e. The molecule has 0 aromatic rings. The summed E-state index contributed by atoms with van der Waals surface area (Å²) in [6, 6.07) is 0. The number of aromatic amines is 1. The first-order valence-electron chi connectivity index (χ1n) is 5.83. The summed E-state index contributed by atoms with van der Waals surface area (Å²) in [6.45, 7) is -0.367. The van der Waals surface area contributed by atoms with E-state index in [1.807, 2.05) is 0 Å². The number of rotatable bonds is 2. The maximum absolute atomic E-state index is 9.98. The number of hydrogen-bond donors (Lipinski definition) is 5. The maximum Gasteiger partial charge on any atom is 0.153 e. The molecule has 1 fully saturated rings. The van der Waals surface area contributed by atoms with E-state index in [4.69, 9.17) is 15.6 Å². The number of anilines is 1. The first-order valence-corrected chi connectivity index (χ1v) is 5.83. The molecule has 4 atom stereocenters. The number of nitrogens with one attached hydrogen (secondary N) is 1. The highest BCUT2D eigenvalue weighted by Crippen LogP contribution is 2.39. The van der Waals surface area contributed by atoms with Crippen molar-refractivity contribution in [1.82, 2.24) is 15.0 Å². The van der Waals surface area contributed by atoms with Crippen LogP contribution in [-0.2, 0) is 4.74 Å². The SMILES string of the molecule is Nc1nc[nH]c2c([C@@H]3O[C@H](CO)[C@@H](O)[C@H]3O)cnc1-2. The fourth-order valence-corrected chi connectivity index (χ4v) is 2.35. The van der Waals surface area contributed by atoms with Gasteiger partial charge in [-0.05, 0) is 0 Å². The quantitative estimate of drug-likeness (QED) is 0.453. The number of hydrogen-bond acceptors (Lipinski definition) is 7. The van der Waals surface area contributed by atoms with Crippen LogP contribution in [-0.4, -0.2) is 55.2 Å². The Balaban J connectivity index is 1.99. The summed E-state index contributed by atoms with van der Waals surface area (Å²) >= 11 is 0. The first-order chi connectivity index (χ1) is 9.13. The number of H-pyrrole nitrogens is 1. The zero-order chi connectivity index (χ0) is 13.6. The van der Waals surface area contributed by atoms with E-state index in [1.165, 1.54) is 12.5 Å². The van der Waals surface area contributed by atoms with Gasteiger partial charge in [-0.1, -0.05) is 0 Å². The number of nitrogens with two attached hydrogens (primary N) is 1. The lowest BCUT2D eigenvalue weighted by Crippen LogP contribution is -2.32. The van der Waals surface area contributed by atoms with Gasteiger partial charge in [-0.25, -0.2) is 4.98 Å². The molecular formula is C11H14N4O4. The standard InChI is InChI=1S/C11H14N4O4/c12-11-7-6(14-3-15-11)4(1-13-7)10-9(18)8(17)5(2-16)19-10/h1,3,5,8-10,16-18H,2,12H2,(H,14,15)/t5-,8-,9-,10+/m1/s1. The molecule has 19 heavy (non-hydrogen) atoms. The topological polar surface area (TPSA) is 138 Å². The molecule has 0 unspecified atom stereocenters. The minimum absolute atomic E-state index is 0.270. The van der Waals surface area contributed by atoms with E-state index in [2.05, 4.69) is 15.0 Å². The van der Waals surface area contributed by atoms with Crippen LogP contribution in [0.15, 0.2) is 12.5 Å². The second-order valence-electron chi connectivity index (χ2n) is 4.48. The summed E-state index contributed by atoms with van der Waals surface area (Å²) in [6.07, 6.45) is -0.922. The number of nitrogens with zero attached hydrogens (tertiary/aromatic N) is 2. The van der Waals surface area contributed by atoms with Gasteiger partial charge >= 0.3 is 0 Å². The van der Waals surface area contributed by atoms with Crippen molar-refractivity contribution in [2.45, 2.75) is 24.4 Å². The molecule has 1 saturated heterocycles. The molecule has 0 bridgehead atoms. The molecule has 0 spiro atoms. The zero-order valence-corrected chi connectivity index (χ0v) is 9.89. The highest BCUT2D eigenvalue weighted by atomic mass is 16.6.